The fourth-order valence-corrected chi connectivity index (χ4v) is 5.32. The first-order valence-electron chi connectivity index (χ1n) is 13.1. The molecule has 1 fully saturated rings. The molecule has 0 spiro atoms. The predicted molar refractivity (Wildman–Crippen MR) is 156 cm³/mol. The lowest BCUT2D eigenvalue weighted by atomic mass is 9.91. The van der Waals surface area contributed by atoms with Gasteiger partial charge in [-0.15, -0.1) is 0 Å². The molecule has 1 aromatic carbocycles. The van der Waals surface area contributed by atoms with Crippen LogP contribution in [0.1, 0.15) is 39.7 Å². The normalized spacial score (nSPS) is 16.2. The largest absolute Gasteiger partial charge is 0.353 e. The van der Waals surface area contributed by atoms with Crippen molar-refractivity contribution in [2.75, 3.05) is 57.5 Å². The number of piperazine rings is 1. The summed E-state index contributed by atoms with van der Waals surface area (Å²) in [6.07, 6.45) is 0.529. The third-order valence-electron chi connectivity index (χ3n) is 6.33. The van der Waals surface area contributed by atoms with Crippen molar-refractivity contribution < 1.29 is 9.59 Å². The van der Waals surface area contributed by atoms with Crippen molar-refractivity contribution in [3.8, 4) is 0 Å². The lowest BCUT2D eigenvalue weighted by molar-refractivity contribution is -0.135. The van der Waals surface area contributed by atoms with Crippen LogP contribution in [0.5, 0.6) is 0 Å². The van der Waals surface area contributed by atoms with Crippen molar-refractivity contribution >= 4 is 41.0 Å². The molecule has 0 N–H and O–H groups in total. The summed E-state index contributed by atoms with van der Waals surface area (Å²) in [6, 6.07) is 11.8. The van der Waals surface area contributed by atoms with Crippen LogP contribution in [0.25, 0.3) is 0 Å². The summed E-state index contributed by atoms with van der Waals surface area (Å²) >= 11 is 7.67. The molecular formula is C28H41ClN6O2S. The summed E-state index contributed by atoms with van der Waals surface area (Å²) in [5.41, 5.74) is 1.06. The molecule has 2 amide bonds. The van der Waals surface area contributed by atoms with E-state index in [-0.39, 0.29) is 29.0 Å². The summed E-state index contributed by atoms with van der Waals surface area (Å²) in [5, 5.41) is 0.824. The summed E-state index contributed by atoms with van der Waals surface area (Å²) in [6.45, 7) is 12.3. The minimum Gasteiger partial charge on any atom is -0.353 e. The van der Waals surface area contributed by atoms with Gasteiger partial charge in [0.1, 0.15) is 11.0 Å². The zero-order chi connectivity index (χ0) is 27.9. The number of hydrogen-bond donors (Lipinski definition) is 0. The first kappa shape index (κ1) is 30.2. The minimum absolute atomic E-state index is 0.0328. The van der Waals surface area contributed by atoms with Crippen LogP contribution >= 0.6 is 23.4 Å². The van der Waals surface area contributed by atoms with E-state index in [9.17, 15) is 9.59 Å². The van der Waals surface area contributed by atoms with Crippen LogP contribution < -0.4 is 4.90 Å². The zero-order valence-corrected chi connectivity index (χ0v) is 25.1. The van der Waals surface area contributed by atoms with Crippen molar-refractivity contribution in [3.05, 3.63) is 47.1 Å². The number of aromatic nitrogens is 2. The van der Waals surface area contributed by atoms with Crippen LogP contribution in [0.3, 0.4) is 0 Å². The van der Waals surface area contributed by atoms with Gasteiger partial charge >= 0.3 is 0 Å². The number of rotatable bonds is 10. The second kappa shape index (κ2) is 13.6. The van der Waals surface area contributed by atoms with E-state index in [1.165, 1.54) is 11.8 Å². The van der Waals surface area contributed by atoms with E-state index in [0.29, 0.717) is 49.5 Å². The highest BCUT2D eigenvalue weighted by Gasteiger charge is 2.30. The monoisotopic (exact) mass is 560 g/mol. The van der Waals surface area contributed by atoms with Crippen LogP contribution in [0, 0.1) is 5.41 Å². The average molecular weight is 561 g/mol. The van der Waals surface area contributed by atoms with E-state index in [0.717, 1.165) is 17.9 Å². The van der Waals surface area contributed by atoms with Gasteiger partial charge in [0.25, 0.3) is 0 Å². The molecule has 38 heavy (non-hydrogen) atoms. The molecule has 1 aromatic heterocycles. The maximum Gasteiger partial charge on any atom is 0.233 e. The standard InChI is InChI=1S/C28H41ClN6O2S/c1-21-18-33(14-15-35(21)25(36)17-28(2,3)4)24-16-23(29)30-27(31-24)38-20-26(37)34(13-12-32(5)6)19-22-10-8-7-9-11-22/h7-11,16,21H,12-15,17-20H2,1-6H3. The smallest absolute Gasteiger partial charge is 0.233 e. The van der Waals surface area contributed by atoms with Crippen molar-refractivity contribution in [2.24, 2.45) is 5.41 Å². The highest BCUT2D eigenvalue weighted by molar-refractivity contribution is 7.99. The van der Waals surface area contributed by atoms with E-state index < -0.39 is 0 Å². The molecule has 0 radical (unpaired) electrons. The molecule has 2 aromatic rings. The Labute approximate surface area is 236 Å². The highest BCUT2D eigenvalue weighted by Crippen LogP contribution is 2.26. The molecular weight excluding hydrogens is 520 g/mol. The Hall–Kier alpha value is -2.36. The number of halogens is 1. The van der Waals surface area contributed by atoms with Gasteiger partial charge in [0.15, 0.2) is 5.16 Å². The number of carbonyl (C=O) groups excluding carboxylic acids is 2. The molecule has 0 bridgehead atoms. The van der Waals surface area contributed by atoms with Gasteiger partial charge in [-0.3, -0.25) is 9.59 Å². The summed E-state index contributed by atoms with van der Waals surface area (Å²) in [7, 11) is 4.00. The van der Waals surface area contributed by atoms with Crippen molar-refractivity contribution in [1.29, 1.82) is 0 Å². The van der Waals surface area contributed by atoms with Crippen LogP contribution in [-0.4, -0.2) is 95.1 Å². The Morgan fingerprint density at radius 3 is 2.45 bits per heavy atom. The fraction of sp³-hybridized carbons (Fsp3) is 0.571. The first-order valence-corrected chi connectivity index (χ1v) is 14.5. The third kappa shape index (κ3) is 9.43. The predicted octanol–water partition coefficient (Wildman–Crippen LogP) is 4.29. The number of thioether (sulfide) groups is 1. The quantitative estimate of drug-likeness (QED) is 0.244. The Morgan fingerprint density at radius 2 is 1.82 bits per heavy atom. The molecule has 1 saturated heterocycles. The van der Waals surface area contributed by atoms with E-state index in [4.69, 9.17) is 16.6 Å². The fourth-order valence-electron chi connectivity index (χ4n) is 4.34. The van der Waals surface area contributed by atoms with E-state index >= 15 is 0 Å². The van der Waals surface area contributed by atoms with E-state index in [1.807, 2.05) is 54.2 Å². The van der Waals surface area contributed by atoms with E-state index in [2.05, 4.69) is 42.5 Å². The Kier molecular flexibility index (Phi) is 10.8. The molecule has 1 unspecified atom stereocenters. The molecule has 2 heterocycles. The lowest BCUT2D eigenvalue weighted by Gasteiger charge is -2.41. The highest BCUT2D eigenvalue weighted by atomic mass is 35.5. The molecule has 1 atom stereocenters. The molecule has 0 aliphatic carbocycles. The van der Waals surface area contributed by atoms with Gasteiger partial charge < -0.3 is 19.6 Å². The molecule has 1 aliphatic heterocycles. The molecule has 10 heteroatoms. The third-order valence-corrected chi connectivity index (χ3v) is 7.35. The average Bonchev–Trinajstić information content (AvgIpc) is 2.84. The SMILES string of the molecule is CC1CN(c2cc(Cl)nc(SCC(=O)N(CCN(C)C)Cc3ccccc3)n2)CCN1C(=O)CC(C)(C)C. The Balaban J connectivity index is 1.63. The van der Waals surface area contributed by atoms with Gasteiger partial charge in [0, 0.05) is 57.8 Å². The van der Waals surface area contributed by atoms with Gasteiger partial charge in [-0.25, -0.2) is 9.97 Å². The van der Waals surface area contributed by atoms with Crippen LogP contribution in [0.15, 0.2) is 41.6 Å². The van der Waals surface area contributed by atoms with E-state index in [1.54, 1.807) is 6.07 Å². The Bertz CT molecular complexity index is 1080. The number of benzene rings is 1. The molecule has 3 rings (SSSR count). The summed E-state index contributed by atoms with van der Waals surface area (Å²) in [5.74, 6) is 1.18. The van der Waals surface area contributed by atoms with Gasteiger partial charge in [-0.05, 0) is 32.0 Å². The molecule has 8 nitrogen and oxygen atoms in total. The van der Waals surface area contributed by atoms with Crippen molar-refractivity contribution in [1.82, 2.24) is 24.7 Å². The molecule has 1 aliphatic rings. The second-order valence-electron chi connectivity index (χ2n) is 11.3. The number of likely N-dealkylation sites (N-methyl/N-ethyl adjacent to an activating group) is 1. The van der Waals surface area contributed by atoms with Crippen LogP contribution in [0.4, 0.5) is 5.82 Å². The maximum atomic E-state index is 13.2. The van der Waals surface area contributed by atoms with Crippen LogP contribution in [-0.2, 0) is 16.1 Å². The topological polar surface area (TPSA) is 72.9 Å². The maximum absolute atomic E-state index is 13.2. The number of nitrogens with zero attached hydrogens (tertiary/aromatic N) is 6. The zero-order valence-electron chi connectivity index (χ0n) is 23.5. The number of anilines is 1. The van der Waals surface area contributed by atoms with Gasteiger partial charge in [-0.1, -0.05) is 74.5 Å². The number of amides is 2. The summed E-state index contributed by atoms with van der Waals surface area (Å²) < 4.78 is 0. The van der Waals surface area contributed by atoms with Crippen molar-refractivity contribution in [3.63, 3.8) is 0 Å². The van der Waals surface area contributed by atoms with Gasteiger partial charge in [0.2, 0.25) is 11.8 Å². The molecule has 0 saturated carbocycles. The second-order valence-corrected chi connectivity index (χ2v) is 12.7. The minimum atomic E-state index is -0.0409. The number of carbonyl (C=O) groups is 2. The van der Waals surface area contributed by atoms with Gasteiger partial charge in [-0.2, -0.15) is 0 Å². The first-order chi connectivity index (χ1) is 17.9. The summed E-state index contributed by atoms with van der Waals surface area (Å²) in [4.78, 5) is 43.1. The van der Waals surface area contributed by atoms with Crippen LogP contribution in [0.2, 0.25) is 5.15 Å². The van der Waals surface area contributed by atoms with Gasteiger partial charge in [0.05, 0.1) is 5.75 Å². The number of hydrogen-bond acceptors (Lipinski definition) is 7. The molecule has 208 valence electrons. The lowest BCUT2D eigenvalue weighted by Crippen LogP contribution is -2.54. The Morgan fingerprint density at radius 1 is 1.11 bits per heavy atom. The van der Waals surface area contributed by atoms with Crippen molar-refractivity contribution in [2.45, 2.75) is 51.9 Å².